The largest absolute Gasteiger partial charge is 0.328 e. The topological polar surface area (TPSA) is 26.0 Å². The fourth-order valence-electron chi connectivity index (χ4n) is 8.19. The maximum atomic E-state index is 6.43. The first-order valence-electron chi connectivity index (χ1n) is 10.2. The Hall–Kier alpha value is -0.0400. The second kappa shape index (κ2) is 5.23. The van der Waals surface area contributed by atoms with E-state index in [1.54, 1.807) is 0 Å². The highest BCUT2D eigenvalue weighted by molar-refractivity contribution is 5.09. The van der Waals surface area contributed by atoms with Crippen LogP contribution in [0.4, 0.5) is 0 Å². The predicted molar refractivity (Wildman–Crippen MR) is 93.5 cm³/mol. The first-order valence-corrected chi connectivity index (χ1v) is 10.2. The van der Waals surface area contributed by atoms with Crippen LogP contribution in [0.15, 0.2) is 0 Å². The molecule has 4 saturated carbocycles. The van der Waals surface area contributed by atoms with Crippen molar-refractivity contribution in [2.24, 2.45) is 46.2 Å². The smallest absolute Gasteiger partial charge is 0.00443 e. The summed E-state index contributed by atoms with van der Waals surface area (Å²) in [4.78, 5) is 0. The Morgan fingerprint density at radius 3 is 2.36 bits per heavy atom. The fraction of sp³-hybridized carbons (Fsp3) is 1.00. The van der Waals surface area contributed by atoms with Crippen molar-refractivity contribution >= 4 is 0 Å². The quantitative estimate of drug-likeness (QED) is 0.691. The van der Waals surface area contributed by atoms with Crippen LogP contribution < -0.4 is 5.73 Å². The van der Waals surface area contributed by atoms with Crippen molar-refractivity contribution in [3.8, 4) is 0 Å². The van der Waals surface area contributed by atoms with Gasteiger partial charge in [-0.15, -0.1) is 0 Å². The standard InChI is InChI=1S/C21H37N/c1-4-14-7-10-18-17-9-6-15-5-8-16(22)13-21(15,3)19(17)11-12-20(14,18)2/h14-19H,4-13,22H2,1-3H3/t14-,15+,16?,17-,18-,19-,20+,21-/m0/s1. The van der Waals surface area contributed by atoms with Crippen LogP contribution in [0.2, 0.25) is 0 Å². The highest BCUT2D eigenvalue weighted by Crippen LogP contribution is 2.67. The monoisotopic (exact) mass is 303 g/mol. The molecule has 0 radical (unpaired) electrons. The molecule has 126 valence electrons. The van der Waals surface area contributed by atoms with Crippen molar-refractivity contribution in [2.75, 3.05) is 0 Å². The predicted octanol–water partition coefficient (Wildman–Crippen LogP) is 5.38. The average Bonchev–Trinajstić information content (AvgIpc) is 2.82. The first-order chi connectivity index (χ1) is 10.5. The lowest BCUT2D eigenvalue weighted by molar-refractivity contribution is -0.113. The van der Waals surface area contributed by atoms with Gasteiger partial charge >= 0.3 is 0 Å². The number of hydrogen-bond donors (Lipinski definition) is 1. The van der Waals surface area contributed by atoms with E-state index < -0.39 is 0 Å². The molecule has 0 aromatic heterocycles. The summed E-state index contributed by atoms with van der Waals surface area (Å²) in [6.45, 7) is 7.74. The fourth-order valence-corrected chi connectivity index (χ4v) is 8.19. The Morgan fingerprint density at radius 2 is 1.59 bits per heavy atom. The van der Waals surface area contributed by atoms with Gasteiger partial charge in [-0.2, -0.15) is 0 Å². The van der Waals surface area contributed by atoms with Gasteiger partial charge in [0.25, 0.3) is 0 Å². The summed E-state index contributed by atoms with van der Waals surface area (Å²) in [5, 5.41) is 0. The maximum Gasteiger partial charge on any atom is 0.00443 e. The van der Waals surface area contributed by atoms with E-state index in [2.05, 4.69) is 20.8 Å². The van der Waals surface area contributed by atoms with E-state index in [4.69, 9.17) is 5.73 Å². The molecular formula is C21H37N. The second-order valence-electron chi connectivity index (χ2n) is 9.93. The number of hydrogen-bond acceptors (Lipinski definition) is 1. The van der Waals surface area contributed by atoms with Crippen LogP contribution in [0, 0.1) is 40.4 Å². The maximum absolute atomic E-state index is 6.43. The second-order valence-corrected chi connectivity index (χ2v) is 9.93. The molecule has 4 aliphatic rings. The zero-order valence-electron chi connectivity index (χ0n) is 15.1. The third-order valence-corrected chi connectivity index (χ3v) is 9.34. The first kappa shape index (κ1) is 15.5. The third kappa shape index (κ3) is 2.00. The molecule has 2 N–H and O–H groups in total. The van der Waals surface area contributed by atoms with Gasteiger partial charge in [-0.05, 0) is 98.2 Å². The van der Waals surface area contributed by atoms with Gasteiger partial charge < -0.3 is 5.73 Å². The van der Waals surface area contributed by atoms with E-state index in [-0.39, 0.29) is 0 Å². The van der Waals surface area contributed by atoms with Crippen molar-refractivity contribution in [1.82, 2.24) is 0 Å². The summed E-state index contributed by atoms with van der Waals surface area (Å²) in [6.07, 6.45) is 14.5. The molecule has 0 bridgehead atoms. The molecule has 0 spiro atoms. The minimum absolute atomic E-state index is 0.486. The van der Waals surface area contributed by atoms with Gasteiger partial charge in [0.05, 0.1) is 0 Å². The van der Waals surface area contributed by atoms with Crippen LogP contribution >= 0.6 is 0 Å². The van der Waals surface area contributed by atoms with Gasteiger partial charge in [0.15, 0.2) is 0 Å². The van der Waals surface area contributed by atoms with Crippen molar-refractivity contribution in [1.29, 1.82) is 0 Å². The molecule has 1 nitrogen and oxygen atoms in total. The van der Waals surface area contributed by atoms with Gasteiger partial charge in [0, 0.05) is 6.04 Å². The van der Waals surface area contributed by atoms with E-state index in [1.807, 2.05) is 0 Å². The van der Waals surface area contributed by atoms with Crippen molar-refractivity contribution < 1.29 is 0 Å². The Morgan fingerprint density at radius 1 is 0.864 bits per heavy atom. The zero-order valence-corrected chi connectivity index (χ0v) is 15.1. The summed E-state index contributed by atoms with van der Waals surface area (Å²) < 4.78 is 0. The molecule has 0 aromatic carbocycles. The van der Waals surface area contributed by atoms with Crippen LogP contribution in [0.1, 0.15) is 85.0 Å². The molecule has 4 aliphatic carbocycles. The van der Waals surface area contributed by atoms with Crippen LogP contribution in [-0.4, -0.2) is 6.04 Å². The molecule has 8 atom stereocenters. The van der Waals surface area contributed by atoms with Gasteiger partial charge in [0.2, 0.25) is 0 Å². The number of fused-ring (bicyclic) bond motifs is 5. The zero-order chi connectivity index (χ0) is 15.5. The molecule has 0 amide bonds. The lowest BCUT2D eigenvalue weighted by Crippen LogP contribution is -2.55. The van der Waals surface area contributed by atoms with Crippen molar-refractivity contribution in [3.05, 3.63) is 0 Å². The van der Waals surface area contributed by atoms with Crippen molar-refractivity contribution in [2.45, 2.75) is 91.0 Å². The number of nitrogens with two attached hydrogens (primary N) is 1. The Balaban J connectivity index is 1.62. The highest BCUT2D eigenvalue weighted by Gasteiger charge is 2.59. The summed E-state index contributed by atoms with van der Waals surface area (Å²) in [5.41, 5.74) is 7.68. The molecule has 22 heavy (non-hydrogen) atoms. The van der Waals surface area contributed by atoms with Crippen LogP contribution in [0.5, 0.6) is 0 Å². The molecule has 4 fully saturated rings. The molecule has 0 saturated heterocycles. The summed E-state index contributed by atoms with van der Waals surface area (Å²) in [5.74, 6) is 5.05. The lowest BCUT2D eigenvalue weighted by Gasteiger charge is -2.61. The van der Waals surface area contributed by atoms with Crippen LogP contribution in [0.25, 0.3) is 0 Å². The Bertz CT molecular complexity index is 432. The van der Waals surface area contributed by atoms with Gasteiger partial charge in [0.1, 0.15) is 0 Å². The molecule has 1 heteroatoms. The van der Waals surface area contributed by atoms with E-state index >= 15 is 0 Å². The Kier molecular flexibility index (Phi) is 3.68. The average molecular weight is 304 g/mol. The van der Waals surface area contributed by atoms with Crippen molar-refractivity contribution in [3.63, 3.8) is 0 Å². The van der Waals surface area contributed by atoms with Crippen LogP contribution in [-0.2, 0) is 0 Å². The van der Waals surface area contributed by atoms with Gasteiger partial charge in [-0.25, -0.2) is 0 Å². The summed E-state index contributed by atoms with van der Waals surface area (Å²) in [6, 6.07) is 0.486. The number of rotatable bonds is 1. The SMILES string of the molecule is CC[C@H]1CC[C@H]2[C@@H]3CC[C@H]4CCC(N)C[C@]4(C)[C@H]3CC[C@]12C. The third-order valence-electron chi connectivity index (χ3n) is 9.34. The normalized spacial score (nSPS) is 57.8. The van der Waals surface area contributed by atoms with Gasteiger partial charge in [-0.1, -0.05) is 27.2 Å². The van der Waals surface area contributed by atoms with Gasteiger partial charge in [-0.3, -0.25) is 0 Å². The molecule has 0 aromatic rings. The van der Waals surface area contributed by atoms with E-state index in [0.717, 1.165) is 29.6 Å². The van der Waals surface area contributed by atoms with E-state index in [0.29, 0.717) is 16.9 Å². The lowest BCUT2D eigenvalue weighted by atomic mass is 9.44. The molecule has 0 heterocycles. The summed E-state index contributed by atoms with van der Waals surface area (Å²) in [7, 11) is 0. The van der Waals surface area contributed by atoms with E-state index in [9.17, 15) is 0 Å². The van der Waals surface area contributed by atoms with Crippen LogP contribution in [0.3, 0.4) is 0 Å². The molecule has 1 unspecified atom stereocenters. The molecule has 4 rings (SSSR count). The minimum Gasteiger partial charge on any atom is -0.328 e. The molecule has 0 aliphatic heterocycles. The highest BCUT2D eigenvalue weighted by atomic mass is 14.7. The van der Waals surface area contributed by atoms with E-state index in [1.165, 1.54) is 64.2 Å². The Labute approximate surface area is 137 Å². The molecular weight excluding hydrogens is 266 g/mol. The minimum atomic E-state index is 0.486. The summed E-state index contributed by atoms with van der Waals surface area (Å²) >= 11 is 0.